The number of anilines is 1. The van der Waals surface area contributed by atoms with E-state index < -0.39 is 11.6 Å². The molecule has 0 unspecified atom stereocenters. The Morgan fingerprint density at radius 1 is 1.15 bits per heavy atom. The summed E-state index contributed by atoms with van der Waals surface area (Å²) in [6, 6.07) is 3.77. The van der Waals surface area contributed by atoms with Crippen molar-refractivity contribution in [3.8, 4) is 21.1 Å². The third-order valence-electron chi connectivity index (χ3n) is 2.73. The quantitative estimate of drug-likeness (QED) is 0.775. The van der Waals surface area contributed by atoms with Gasteiger partial charge in [-0.2, -0.15) is 0 Å². The largest absolute Gasteiger partial charge is 0.375 e. The zero-order valence-corrected chi connectivity index (χ0v) is 12.0. The van der Waals surface area contributed by atoms with Crippen molar-refractivity contribution >= 4 is 27.8 Å². The molecule has 3 nitrogen and oxygen atoms in total. The van der Waals surface area contributed by atoms with Crippen LogP contribution in [0.15, 0.2) is 23.6 Å². The predicted octanol–water partition coefficient (Wildman–Crippen LogP) is 4.10. The van der Waals surface area contributed by atoms with Gasteiger partial charge in [0.05, 0.1) is 21.8 Å². The van der Waals surface area contributed by atoms with E-state index in [1.54, 1.807) is 12.3 Å². The Morgan fingerprint density at radius 2 is 1.85 bits per heavy atom. The van der Waals surface area contributed by atoms with Crippen LogP contribution in [0.4, 0.5) is 13.9 Å². The number of aromatic nitrogens is 2. The zero-order chi connectivity index (χ0) is 14.3. The third kappa shape index (κ3) is 2.19. The maximum absolute atomic E-state index is 13.8. The minimum atomic E-state index is -0.622. The summed E-state index contributed by atoms with van der Waals surface area (Å²) in [6.45, 7) is 1.78. The number of benzene rings is 1. The van der Waals surface area contributed by atoms with Crippen molar-refractivity contribution in [2.24, 2.45) is 0 Å². The lowest BCUT2D eigenvalue weighted by atomic mass is 10.2. The number of nitrogens with zero attached hydrogens (tertiary/aromatic N) is 2. The van der Waals surface area contributed by atoms with Crippen LogP contribution in [0.1, 0.15) is 5.69 Å². The summed E-state index contributed by atoms with van der Waals surface area (Å²) < 4.78 is 27.6. The average Bonchev–Trinajstić information content (AvgIpc) is 2.96. The Kier molecular flexibility index (Phi) is 3.23. The van der Waals surface area contributed by atoms with Crippen molar-refractivity contribution in [3.63, 3.8) is 0 Å². The van der Waals surface area contributed by atoms with Gasteiger partial charge in [-0.05, 0) is 19.1 Å². The highest BCUT2D eigenvalue weighted by Crippen LogP contribution is 2.37. The summed E-state index contributed by atoms with van der Waals surface area (Å²) in [4.78, 5) is 9.20. The van der Waals surface area contributed by atoms with E-state index in [9.17, 15) is 8.78 Å². The molecule has 1 aromatic carbocycles. The van der Waals surface area contributed by atoms with Crippen LogP contribution in [0.5, 0.6) is 0 Å². The second kappa shape index (κ2) is 4.92. The first-order valence-corrected chi connectivity index (χ1v) is 7.39. The molecule has 0 radical (unpaired) electrons. The fourth-order valence-corrected chi connectivity index (χ4v) is 3.54. The van der Waals surface area contributed by atoms with E-state index in [-0.39, 0.29) is 5.56 Å². The maximum atomic E-state index is 13.8. The fourth-order valence-electron chi connectivity index (χ4n) is 1.84. The van der Waals surface area contributed by atoms with Gasteiger partial charge in [-0.25, -0.2) is 18.7 Å². The van der Waals surface area contributed by atoms with Crippen LogP contribution in [0.2, 0.25) is 0 Å². The van der Waals surface area contributed by atoms with E-state index in [2.05, 4.69) is 9.97 Å². The first-order chi connectivity index (χ1) is 9.56. The van der Waals surface area contributed by atoms with E-state index >= 15 is 0 Å². The number of thiazole rings is 2. The zero-order valence-electron chi connectivity index (χ0n) is 10.4. The van der Waals surface area contributed by atoms with Gasteiger partial charge in [0.1, 0.15) is 16.6 Å². The lowest BCUT2D eigenvalue weighted by Crippen LogP contribution is -1.88. The molecule has 3 rings (SSSR count). The summed E-state index contributed by atoms with van der Waals surface area (Å²) >= 11 is 2.52. The van der Waals surface area contributed by atoms with E-state index in [1.807, 2.05) is 0 Å². The molecule has 102 valence electrons. The van der Waals surface area contributed by atoms with E-state index in [0.717, 1.165) is 4.88 Å². The number of rotatable bonds is 2. The number of halogens is 2. The number of hydrogen-bond acceptors (Lipinski definition) is 5. The number of hydrogen-bond donors (Lipinski definition) is 1. The SMILES string of the molecule is Cc1nc(-c2c(F)cccc2F)sc1-c1csc(N)n1. The molecule has 0 spiro atoms. The lowest BCUT2D eigenvalue weighted by molar-refractivity contribution is 0.589. The first kappa shape index (κ1) is 13.1. The Bertz CT molecular complexity index is 760. The molecule has 0 saturated heterocycles. The molecule has 3 aromatic rings. The second-order valence-corrected chi connectivity index (χ2v) is 5.99. The number of nitrogens with two attached hydrogens (primary N) is 1. The van der Waals surface area contributed by atoms with Gasteiger partial charge in [0.2, 0.25) is 0 Å². The summed E-state index contributed by atoms with van der Waals surface area (Å²) in [5.41, 5.74) is 6.87. The Hall–Kier alpha value is -1.86. The van der Waals surface area contributed by atoms with Gasteiger partial charge in [0.25, 0.3) is 0 Å². The lowest BCUT2D eigenvalue weighted by Gasteiger charge is -1.99. The van der Waals surface area contributed by atoms with Gasteiger partial charge in [-0.15, -0.1) is 22.7 Å². The van der Waals surface area contributed by atoms with Gasteiger partial charge in [-0.3, -0.25) is 0 Å². The van der Waals surface area contributed by atoms with E-state index in [4.69, 9.17) is 5.73 Å². The Morgan fingerprint density at radius 3 is 2.45 bits per heavy atom. The molecule has 0 bridgehead atoms. The molecule has 2 N–H and O–H groups in total. The summed E-state index contributed by atoms with van der Waals surface area (Å²) in [5, 5.41) is 2.56. The molecular weight excluding hydrogens is 300 g/mol. The smallest absolute Gasteiger partial charge is 0.180 e. The molecule has 0 atom stereocenters. The van der Waals surface area contributed by atoms with Gasteiger partial charge in [0.15, 0.2) is 5.13 Å². The molecule has 20 heavy (non-hydrogen) atoms. The third-order valence-corrected chi connectivity index (χ3v) is 4.60. The first-order valence-electron chi connectivity index (χ1n) is 5.69. The van der Waals surface area contributed by atoms with Crippen LogP contribution in [0.3, 0.4) is 0 Å². The summed E-state index contributed by atoms with van der Waals surface area (Å²) in [6.07, 6.45) is 0. The minimum Gasteiger partial charge on any atom is -0.375 e. The van der Waals surface area contributed by atoms with E-state index in [0.29, 0.717) is 21.5 Å². The highest BCUT2D eigenvalue weighted by atomic mass is 32.1. The van der Waals surface area contributed by atoms with E-state index in [1.165, 1.54) is 40.9 Å². The fraction of sp³-hybridized carbons (Fsp3) is 0.0769. The van der Waals surface area contributed by atoms with Crippen molar-refractivity contribution in [1.82, 2.24) is 9.97 Å². The van der Waals surface area contributed by atoms with Gasteiger partial charge >= 0.3 is 0 Å². The number of nitrogen functional groups attached to an aromatic ring is 1. The molecule has 0 aliphatic heterocycles. The average molecular weight is 309 g/mol. The molecule has 0 saturated carbocycles. The monoisotopic (exact) mass is 309 g/mol. The molecular formula is C13H9F2N3S2. The van der Waals surface area contributed by atoms with Crippen molar-refractivity contribution in [3.05, 3.63) is 40.9 Å². The molecule has 7 heteroatoms. The van der Waals surface area contributed by atoms with Gasteiger partial charge in [0, 0.05) is 5.38 Å². The van der Waals surface area contributed by atoms with Crippen LogP contribution >= 0.6 is 22.7 Å². The van der Waals surface area contributed by atoms with Gasteiger partial charge in [-0.1, -0.05) is 6.07 Å². The van der Waals surface area contributed by atoms with Crippen LogP contribution < -0.4 is 5.73 Å². The number of aryl methyl sites for hydroxylation is 1. The van der Waals surface area contributed by atoms with Crippen molar-refractivity contribution in [2.75, 3.05) is 5.73 Å². The normalized spacial score (nSPS) is 10.9. The minimum absolute atomic E-state index is 0.102. The van der Waals surface area contributed by atoms with Gasteiger partial charge < -0.3 is 5.73 Å². The standard InChI is InChI=1S/C13H9F2N3S2/c1-6-11(9-5-19-13(16)18-9)20-12(17-6)10-7(14)3-2-4-8(10)15/h2-5H,1H3,(H2,16,18). The molecule has 2 heterocycles. The highest BCUT2D eigenvalue weighted by Gasteiger charge is 2.18. The maximum Gasteiger partial charge on any atom is 0.180 e. The summed E-state index contributed by atoms with van der Waals surface area (Å²) in [5.74, 6) is -1.24. The molecule has 0 fully saturated rings. The van der Waals surface area contributed by atoms with Crippen molar-refractivity contribution in [1.29, 1.82) is 0 Å². The van der Waals surface area contributed by atoms with Crippen LogP contribution in [0.25, 0.3) is 21.1 Å². The topological polar surface area (TPSA) is 51.8 Å². The van der Waals surface area contributed by atoms with Crippen molar-refractivity contribution < 1.29 is 8.78 Å². The molecule has 0 amide bonds. The Balaban J connectivity index is 2.14. The summed E-state index contributed by atoms with van der Waals surface area (Å²) in [7, 11) is 0. The van der Waals surface area contributed by atoms with Crippen LogP contribution in [0, 0.1) is 18.6 Å². The van der Waals surface area contributed by atoms with Crippen molar-refractivity contribution in [2.45, 2.75) is 6.92 Å². The molecule has 0 aliphatic carbocycles. The molecule has 0 aliphatic rings. The second-order valence-electron chi connectivity index (χ2n) is 4.10. The Labute approximate surface area is 121 Å². The highest BCUT2D eigenvalue weighted by molar-refractivity contribution is 7.19. The predicted molar refractivity (Wildman–Crippen MR) is 77.7 cm³/mol. The van der Waals surface area contributed by atoms with Crippen LogP contribution in [-0.4, -0.2) is 9.97 Å². The van der Waals surface area contributed by atoms with Crippen LogP contribution in [-0.2, 0) is 0 Å². The molecule has 2 aromatic heterocycles.